The minimum atomic E-state index is -3.76. The van der Waals surface area contributed by atoms with E-state index in [2.05, 4.69) is 10.3 Å². The van der Waals surface area contributed by atoms with Crippen LogP contribution in [-0.4, -0.2) is 49.9 Å². The maximum atomic E-state index is 12.9. The minimum Gasteiger partial charge on any atom is -0.473 e. The Hall–Kier alpha value is -2.79. The number of morpholine rings is 1. The second-order valence-electron chi connectivity index (χ2n) is 6.74. The van der Waals surface area contributed by atoms with E-state index in [1.54, 1.807) is 17.5 Å². The van der Waals surface area contributed by atoms with Gasteiger partial charge in [0.15, 0.2) is 0 Å². The van der Waals surface area contributed by atoms with Crippen LogP contribution >= 0.6 is 11.3 Å². The van der Waals surface area contributed by atoms with Crippen LogP contribution in [0.4, 0.5) is 5.69 Å². The van der Waals surface area contributed by atoms with Gasteiger partial charge in [0.1, 0.15) is 16.4 Å². The summed E-state index contributed by atoms with van der Waals surface area (Å²) in [6, 6.07) is 14.5. The van der Waals surface area contributed by atoms with Crippen LogP contribution in [0.5, 0.6) is 5.88 Å². The summed E-state index contributed by atoms with van der Waals surface area (Å²) in [7, 11) is -3.76. The van der Waals surface area contributed by atoms with Gasteiger partial charge in [0.25, 0.3) is 5.91 Å². The van der Waals surface area contributed by atoms with Gasteiger partial charge in [0, 0.05) is 19.2 Å². The number of carbonyl (C=O) groups excluding carboxylic acids is 1. The van der Waals surface area contributed by atoms with Crippen molar-refractivity contribution in [3.8, 4) is 5.88 Å². The Morgan fingerprint density at radius 3 is 2.61 bits per heavy atom. The number of ether oxygens (including phenoxy) is 2. The fourth-order valence-electron chi connectivity index (χ4n) is 3.05. The molecule has 1 N–H and O–H groups in total. The van der Waals surface area contributed by atoms with Gasteiger partial charge in [-0.3, -0.25) is 4.79 Å². The Labute approximate surface area is 184 Å². The molecule has 1 fully saturated rings. The number of pyridine rings is 1. The molecular formula is C21H21N3O5S2. The van der Waals surface area contributed by atoms with E-state index in [9.17, 15) is 13.2 Å². The third-order valence-corrected chi connectivity index (χ3v) is 7.63. The first-order valence-corrected chi connectivity index (χ1v) is 12.0. The zero-order valence-electron chi connectivity index (χ0n) is 16.6. The predicted molar refractivity (Wildman–Crippen MR) is 117 cm³/mol. The van der Waals surface area contributed by atoms with Gasteiger partial charge in [-0.1, -0.05) is 30.3 Å². The molecule has 1 amide bonds. The van der Waals surface area contributed by atoms with Crippen LogP contribution in [0, 0.1) is 0 Å². The van der Waals surface area contributed by atoms with Crippen molar-refractivity contribution in [1.82, 2.24) is 9.29 Å². The van der Waals surface area contributed by atoms with Crippen molar-refractivity contribution in [2.75, 3.05) is 31.6 Å². The fraction of sp³-hybridized carbons (Fsp3) is 0.238. The molecule has 0 saturated carbocycles. The molecule has 8 nitrogen and oxygen atoms in total. The molecule has 1 saturated heterocycles. The predicted octanol–water partition coefficient (Wildman–Crippen LogP) is 3.00. The second-order valence-corrected chi connectivity index (χ2v) is 9.57. The Morgan fingerprint density at radius 1 is 1.13 bits per heavy atom. The lowest BCUT2D eigenvalue weighted by Gasteiger charge is -2.26. The number of anilines is 1. The molecule has 10 heteroatoms. The molecule has 3 aromatic rings. The number of benzene rings is 1. The number of carbonyl (C=O) groups is 1. The topological polar surface area (TPSA) is 97.8 Å². The minimum absolute atomic E-state index is 0.00711. The summed E-state index contributed by atoms with van der Waals surface area (Å²) in [5, 5.41) is 4.30. The van der Waals surface area contributed by atoms with Gasteiger partial charge in [0.05, 0.1) is 25.1 Å². The first-order chi connectivity index (χ1) is 15.0. The van der Waals surface area contributed by atoms with Crippen molar-refractivity contribution in [3.05, 3.63) is 70.5 Å². The molecule has 0 radical (unpaired) electrons. The number of hydrogen-bond donors (Lipinski definition) is 1. The van der Waals surface area contributed by atoms with Crippen molar-refractivity contribution in [3.63, 3.8) is 0 Å². The zero-order valence-corrected chi connectivity index (χ0v) is 18.2. The van der Waals surface area contributed by atoms with E-state index in [0.717, 1.165) is 16.9 Å². The van der Waals surface area contributed by atoms with E-state index in [1.807, 2.05) is 30.3 Å². The van der Waals surface area contributed by atoms with Crippen LogP contribution in [-0.2, 0) is 21.4 Å². The van der Waals surface area contributed by atoms with E-state index in [4.69, 9.17) is 9.47 Å². The Balaban J connectivity index is 1.41. The van der Waals surface area contributed by atoms with Gasteiger partial charge in [-0.05, 0) is 23.1 Å². The van der Waals surface area contributed by atoms with Crippen LogP contribution in [0.2, 0.25) is 0 Å². The molecular weight excluding hydrogens is 438 g/mol. The number of thiophene rings is 1. The molecule has 1 aliphatic heterocycles. The van der Waals surface area contributed by atoms with Crippen molar-refractivity contribution in [2.45, 2.75) is 11.5 Å². The van der Waals surface area contributed by atoms with Crippen molar-refractivity contribution in [2.24, 2.45) is 0 Å². The highest BCUT2D eigenvalue weighted by Gasteiger charge is 2.31. The average Bonchev–Trinajstić information content (AvgIpc) is 3.31. The molecule has 0 spiro atoms. The number of aromatic nitrogens is 1. The molecule has 0 atom stereocenters. The number of sulfonamides is 1. The summed E-state index contributed by atoms with van der Waals surface area (Å²) in [6.45, 7) is 1.61. The van der Waals surface area contributed by atoms with E-state index < -0.39 is 15.9 Å². The summed E-state index contributed by atoms with van der Waals surface area (Å²) >= 11 is 1.08. The third-order valence-electron chi connectivity index (χ3n) is 4.65. The SMILES string of the molecule is O=C(Nc1ccc(OCc2ccccc2)nc1)c1sccc1S(=O)(=O)N1CCOCC1. The highest BCUT2D eigenvalue weighted by atomic mass is 32.2. The maximum absolute atomic E-state index is 12.9. The second kappa shape index (κ2) is 9.56. The third kappa shape index (κ3) is 5.10. The summed E-state index contributed by atoms with van der Waals surface area (Å²) in [5.74, 6) is -0.0739. The van der Waals surface area contributed by atoms with Gasteiger partial charge < -0.3 is 14.8 Å². The van der Waals surface area contributed by atoms with E-state index in [-0.39, 0.29) is 22.9 Å². The van der Waals surface area contributed by atoms with Crippen molar-refractivity contribution >= 4 is 33.0 Å². The quantitative estimate of drug-likeness (QED) is 0.583. The molecule has 1 aromatic carbocycles. The van der Waals surface area contributed by atoms with Gasteiger partial charge in [0.2, 0.25) is 15.9 Å². The van der Waals surface area contributed by atoms with E-state index in [0.29, 0.717) is 31.4 Å². The van der Waals surface area contributed by atoms with Gasteiger partial charge >= 0.3 is 0 Å². The zero-order chi connectivity index (χ0) is 21.7. The Bertz CT molecular complexity index is 1130. The smallest absolute Gasteiger partial charge is 0.267 e. The molecule has 4 rings (SSSR count). The van der Waals surface area contributed by atoms with E-state index in [1.165, 1.54) is 16.6 Å². The molecule has 0 bridgehead atoms. The number of amides is 1. The Kier molecular flexibility index (Phi) is 6.62. The molecule has 0 unspecified atom stereocenters. The van der Waals surface area contributed by atoms with Crippen LogP contribution in [0.3, 0.4) is 0 Å². The van der Waals surface area contributed by atoms with Gasteiger partial charge in [-0.2, -0.15) is 4.31 Å². The van der Waals surface area contributed by atoms with Gasteiger partial charge in [-0.25, -0.2) is 13.4 Å². The lowest BCUT2D eigenvalue weighted by atomic mass is 10.2. The molecule has 0 aliphatic carbocycles. The Morgan fingerprint density at radius 2 is 1.90 bits per heavy atom. The van der Waals surface area contributed by atoms with Crippen molar-refractivity contribution in [1.29, 1.82) is 0 Å². The van der Waals surface area contributed by atoms with Crippen LogP contribution < -0.4 is 10.1 Å². The first kappa shape index (κ1) is 21.4. The normalized spacial score (nSPS) is 14.8. The summed E-state index contributed by atoms with van der Waals surface area (Å²) < 4.78 is 38.1. The largest absolute Gasteiger partial charge is 0.473 e. The van der Waals surface area contributed by atoms with Crippen LogP contribution in [0.25, 0.3) is 0 Å². The van der Waals surface area contributed by atoms with Crippen LogP contribution in [0.1, 0.15) is 15.2 Å². The highest BCUT2D eigenvalue weighted by molar-refractivity contribution is 7.89. The monoisotopic (exact) mass is 459 g/mol. The molecule has 3 heterocycles. The van der Waals surface area contributed by atoms with E-state index >= 15 is 0 Å². The maximum Gasteiger partial charge on any atom is 0.267 e. The summed E-state index contributed by atoms with van der Waals surface area (Å²) in [4.78, 5) is 17.1. The summed E-state index contributed by atoms with van der Waals surface area (Å²) in [6.07, 6.45) is 1.47. The molecule has 162 valence electrons. The molecule has 1 aliphatic rings. The van der Waals surface area contributed by atoms with Crippen LogP contribution in [0.15, 0.2) is 65.0 Å². The number of nitrogens with one attached hydrogen (secondary N) is 1. The lowest BCUT2D eigenvalue weighted by molar-refractivity contribution is 0.0730. The number of nitrogens with zero attached hydrogens (tertiary/aromatic N) is 2. The average molecular weight is 460 g/mol. The highest BCUT2D eigenvalue weighted by Crippen LogP contribution is 2.27. The van der Waals surface area contributed by atoms with Gasteiger partial charge in [-0.15, -0.1) is 11.3 Å². The number of rotatable bonds is 7. The molecule has 31 heavy (non-hydrogen) atoms. The number of hydrogen-bond acceptors (Lipinski definition) is 7. The summed E-state index contributed by atoms with van der Waals surface area (Å²) in [5.41, 5.74) is 1.47. The standard InChI is InChI=1S/C21H21N3O5S2/c25-21(20-18(8-13-30-20)31(26,27)24-9-11-28-12-10-24)23-17-6-7-19(22-14-17)29-15-16-4-2-1-3-5-16/h1-8,13-14H,9-12,15H2,(H,23,25). The molecule has 2 aromatic heterocycles. The fourth-order valence-corrected chi connectivity index (χ4v) is 5.76. The first-order valence-electron chi connectivity index (χ1n) is 9.63. The van der Waals surface area contributed by atoms with Crippen molar-refractivity contribution < 1.29 is 22.7 Å². The lowest BCUT2D eigenvalue weighted by Crippen LogP contribution is -2.41.